The number of halogens is 1. The van der Waals surface area contributed by atoms with Crippen molar-refractivity contribution in [3.8, 4) is 17.2 Å². The van der Waals surface area contributed by atoms with Crippen LogP contribution in [0.25, 0.3) is 5.69 Å². The highest BCUT2D eigenvalue weighted by atomic mass is 35.5. The van der Waals surface area contributed by atoms with Gasteiger partial charge in [0.15, 0.2) is 17.3 Å². The van der Waals surface area contributed by atoms with Crippen molar-refractivity contribution in [3.05, 3.63) is 64.2 Å². The Morgan fingerprint density at radius 3 is 2.65 bits per heavy atom. The number of likely N-dealkylation sites (tertiary alicyclic amines) is 1. The van der Waals surface area contributed by atoms with Gasteiger partial charge in [0.05, 0.1) is 26.3 Å². The highest BCUT2D eigenvalue weighted by Gasteiger charge is 2.38. The molecule has 2 atom stereocenters. The minimum atomic E-state index is -0.784. The second-order valence-corrected chi connectivity index (χ2v) is 9.88. The number of para-hydroxylation sites is 1. The van der Waals surface area contributed by atoms with Crippen LogP contribution in [0.3, 0.4) is 0 Å². The van der Waals surface area contributed by atoms with Crippen LogP contribution >= 0.6 is 11.6 Å². The molecule has 10 heteroatoms. The molecule has 1 fully saturated rings. The van der Waals surface area contributed by atoms with Gasteiger partial charge in [0.25, 0.3) is 0 Å². The van der Waals surface area contributed by atoms with E-state index in [1.165, 1.54) is 4.90 Å². The zero-order valence-electron chi connectivity index (χ0n) is 21.2. The van der Waals surface area contributed by atoms with E-state index in [0.29, 0.717) is 47.3 Å². The number of methoxy groups -OCH3 is 2. The molecule has 0 radical (unpaired) electrons. The summed E-state index contributed by atoms with van der Waals surface area (Å²) in [5.74, 6) is 1.88. The third-order valence-electron chi connectivity index (χ3n) is 6.78. The lowest BCUT2D eigenvalue weighted by Gasteiger charge is -2.25. The molecule has 5 rings (SSSR count). The van der Waals surface area contributed by atoms with Crippen LogP contribution in [0.1, 0.15) is 74.0 Å². The Balaban J connectivity index is 1.70. The van der Waals surface area contributed by atoms with Gasteiger partial charge in [-0.2, -0.15) is 0 Å². The number of aromatic nitrogens is 3. The molecular weight excluding hydrogens is 496 g/mol. The Morgan fingerprint density at radius 2 is 1.97 bits per heavy atom. The van der Waals surface area contributed by atoms with E-state index >= 15 is 0 Å². The number of hydrogen-bond donors (Lipinski definition) is 0. The highest BCUT2D eigenvalue weighted by molar-refractivity contribution is 6.30. The maximum atomic E-state index is 13.3. The number of benzene rings is 2. The molecule has 1 saturated heterocycles. The van der Waals surface area contributed by atoms with Crippen LogP contribution in [-0.4, -0.2) is 52.2 Å². The molecule has 0 spiro atoms. The van der Waals surface area contributed by atoms with Crippen molar-refractivity contribution in [2.24, 2.45) is 0 Å². The first-order chi connectivity index (χ1) is 17.8. The van der Waals surface area contributed by atoms with Crippen molar-refractivity contribution < 1.29 is 23.8 Å². The van der Waals surface area contributed by atoms with Crippen LogP contribution in [0.4, 0.5) is 0 Å². The predicted octanol–water partition coefficient (Wildman–Crippen LogP) is 4.76. The molecule has 0 bridgehead atoms. The fourth-order valence-corrected chi connectivity index (χ4v) is 5.24. The molecule has 2 aliphatic heterocycles. The first-order valence-electron chi connectivity index (χ1n) is 12.3. The van der Waals surface area contributed by atoms with Crippen molar-refractivity contribution in [2.75, 3.05) is 20.8 Å². The summed E-state index contributed by atoms with van der Waals surface area (Å²) >= 11 is 6.49. The summed E-state index contributed by atoms with van der Waals surface area (Å²) in [5.41, 5.74) is 2.29. The molecule has 194 valence electrons. The molecule has 37 heavy (non-hydrogen) atoms. The second kappa shape index (κ2) is 10.1. The van der Waals surface area contributed by atoms with E-state index < -0.39 is 12.2 Å². The Bertz CT molecular complexity index is 1350. The van der Waals surface area contributed by atoms with E-state index in [1.54, 1.807) is 14.2 Å². The third kappa shape index (κ3) is 4.46. The Labute approximate surface area is 220 Å². The average Bonchev–Trinajstić information content (AvgIpc) is 3.50. The van der Waals surface area contributed by atoms with E-state index in [0.717, 1.165) is 17.1 Å². The molecule has 2 aliphatic rings. The van der Waals surface area contributed by atoms with Gasteiger partial charge in [-0.25, -0.2) is 0 Å². The Kier molecular flexibility index (Phi) is 6.92. The number of nitrogens with zero attached hydrogens (tertiary/aromatic N) is 4. The number of hydrogen-bond acceptors (Lipinski definition) is 7. The van der Waals surface area contributed by atoms with Gasteiger partial charge in [-0.15, -0.1) is 10.2 Å². The van der Waals surface area contributed by atoms with Crippen LogP contribution in [0.15, 0.2) is 36.4 Å². The zero-order chi connectivity index (χ0) is 26.3. The van der Waals surface area contributed by atoms with Gasteiger partial charge in [-0.3, -0.25) is 19.1 Å². The molecule has 0 N–H and O–H groups in total. The number of ether oxygens (including phenoxy) is 3. The van der Waals surface area contributed by atoms with Crippen LogP contribution in [0.5, 0.6) is 11.5 Å². The van der Waals surface area contributed by atoms with Gasteiger partial charge in [0.2, 0.25) is 11.8 Å². The minimum Gasteiger partial charge on any atom is -0.493 e. The molecule has 9 nitrogen and oxygen atoms in total. The SMILES string of the molecule is COc1cccc(C2OC(CC(=O)N3CCCC3=O)c3nnc(C(C)C)n3-c3ccc(Cl)cc32)c1OC. The van der Waals surface area contributed by atoms with Crippen LogP contribution in [-0.2, 0) is 14.3 Å². The Morgan fingerprint density at radius 1 is 1.16 bits per heavy atom. The van der Waals surface area contributed by atoms with Crippen molar-refractivity contribution in [2.45, 2.75) is 51.2 Å². The summed E-state index contributed by atoms with van der Waals surface area (Å²) in [6.45, 7) is 4.48. The van der Waals surface area contributed by atoms with Gasteiger partial charge < -0.3 is 14.2 Å². The van der Waals surface area contributed by atoms with Crippen molar-refractivity contribution in [1.29, 1.82) is 0 Å². The van der Waals surface area contributed by atoms with Gasteiger partial charge in [0.1, 0.15) is 18.0 Å². The summed E-state index contributed by atoms with van der Waals surface area (Å²) < 4.78 is 20.0. The number of rotatable bonds is 6. The van der Waals surface area contributed by atoms with Crippen LogP contribution < -0.4 is 9.47 Å². The number of fused-ring (bicyclic) bond motifs is 3. The van der Waals surface area contributed by atoms with Gasteiger partial charge in [-0.05, 0) is 30.7 Å². The first-order valence-corrected chi connectivity index (χ1v) is 12.7. The molecule has 3 heterocycles. The Hall–Kier alpha value is -3.43. The second-order valence-electron chi connectivity index (χ2n) is 9.44. The molecule has 1 aromatic heterocycles. The number of imide groups is 1. The topological polar surface area (TPSA) is 95.8 Å². The smallest absolute Gasteiger partial charge is 0.232 e. The third-order valence-corrected chi connectivity index (χ3v) is 7.02. The van der Waals surface area contributed by atoms with Crippen LogP contribution in [0.2, 0.25) is 5.02 Å². The van der Waals surface area contributed by atoms with E-state index in [4.69, 9.17) is 25.8 Å². The van der Waals surface area contributed by atoms with E-state index in [9.17, 15) is 9.59 Å². The lowest BCUT2D eigenvalue weighted by Crippen LogP contribution is -2.33. The number of carbonyl (C=O) groups excluding carboxylic acids is 2. The number of amides is 2. The standard InChI is InChI=1S/C27H29ClN4O5/c1-15(2)26-29-30-27-21(14-23(34)31-12-6-9-22(31)33)37-24(17-7-5-8-20(35-3)25(17)36-4)18-13-16(28)10-11-19(18)32(26)27/h5,7-8,10-11,13,15,21,24H,6,9,12,14H2,1-4H3. The lowest BCUT2D eigenvalue weighted by atomic mass is 9.98. The molecule has 2 unspecified atom stereocenters. The molecule has 2 aromatic carbocycles. The van der Waals surface area contributed by atoms with Gasteiger partial charge in [0, 0.05) is 35.0 Å². The highest BCUT2D eigenvalue weighted by Crippen LogP contribution is 2.46. The van der Waals surface area contributed by atoms with E-state index in [2.05, 4.69) is 10.2 Å². The summed E-state index contributed by atoms with van der Waals surface area (Å²) in [6.07, 6.45) is -0.483. The molecule has 2 amide bonds. The van der Waals surface area contributed by atoms with E-state index in [1.807, 2.05) is 54.8 Å². The maximum Gasteiger partial charge on any atom is 0.232 e. The fraction of sp³-hybridized carbons (Fsp3) is 0.407. The summed E-state index contributed by atoms with van der Waals surface area (Å²) in [4.78, 5) is 26.9. The van der Waals surface area contributed by atoms with Gasteiger partial charge in [-0.1, -0.05) is 37.6 Å². The quantitative estimate of drug-likeness (QED) is 0.458. The lowest BCUT2D eigenvalue weighted by molar-refractivity contribution is -0.144. The van der Waals surface area contributed by atoms with Crippen LogP contribution in [0, 0.1) is 0 Å². The molecule has 0 aliphatic carbocycles. The minimum absolute atomic E-state index is 0.0456. The van der Waals surface area contributed by atoms with E-state index in [-0.39, 0.29) is 24.2 Å². The predicted molar refractivity (Wildman–Crippen MR) is 136 cm³/mol. The normalized spacial score (nSPS) is 19.0. The van der Waals surface area contributed by atoms with Gasteiger partial charge >= 0.3 is 0 Å². The summed E-state index contributed by atoms with van der Waals surface area (Å²) in [7, 11) is 3.15. The largest absolute Gasteiger partial charge is 0.493 e. The van der Waals surface area contributed by atoms with Crippen molar-refractivity contribution in [1.82, 2.24) is 19.7 Å². The summed E-state index contributed by atoms with van der Waals surface area (Å²) in [5, 5.41) is 9.47. The van der Waals surface area contributed by atoms with Crippen molar-refractivity contribution in [3.63, 3.8) is 0 Å². The zero-order valence-corrected chi connectivity index (χ0v) is 22.0. The average molecular weight is 525 g/mol. The molecule has 0 saturated carbocycles. The fourth-order valence-electron chi connectivity index (χ4n) is 5.05. The monoisotopic (exact) mass is 524 g/mol. The number of carbonyl (C=O) groups is 2. The first kappa shape index (κ1) is 25.2. The van der Waals surface area contributed by atoms with Crippen molar-refractivity contribution >= 4 is 23.4 Å². The molecule has 3 aromatic rings. The maximum absolute atomic E-state index is 13.3. The summed E-state index contributed by atoms with van der Waals surface area (Å²) in [6, 6.07) is 11.1. The molecular formula is C27H29ClN4O5.